The van der Waals surface area contributed by atoms with Crippen molar-refractivity contribution < 1.29 is 22.7 Å². The summed E-state index contributed by atoms with van der Waals surface area (Å²) in [5, 5.41) is 0. The van der Waals surface area contributed by atoms with E-state index in [9.17, 15) is 13.2 Å². The molecule has 1 fully saturated rings. The van der Waals surface area contributed by atoms with E-state index in [0.29, 0.717) is 25.3 Å². The molecule has 150 valence electrons. The number of benzene rings is 2. The third-order valence-corrected chi connectivity index (χ3v) is 6.64. The maximum Gasteiger partial charge on any atom is 0.324 e. The minimum Gasteiger partial charge on any atom is -0.493 e. The zero-order valence-electron chi connectivity index (χ0n) is 15.9. The fraction of sp³-hybridized carbons (Fsp3) is 0.381. The zero-order chi connectivity index (χ0) is 20.0. The van der Waals surface area contributed by atoms with E-state index in [1.54, 1.807) is 30.3 Å². The van der Waals surface area contributed by atoms with Gasteiger partial charge in [-0.3, -0.25) is 4.79 Å². The van der Waals surface area contributed by atoms with Gasteiger partial charge in [0, 0.05) is 12.1 Å². The Hall–Kier alpha value is -2.38. The third-order valence-electron chi connectivity index (χ3n) is 4.72. The molecule has 7 heteroatoms. The zero-order valence-corrected chi connectivity index (χ0v) is 16.7. The number of para-hydroxylation sites is 1. The molecule has 0 saturated carbocycles. The van der Waals surface area contributed by atoms with Crippen LogP contribution in [0.1, 0.15) is 31.7 Å². The van der Waals surface area contributed by atoms with E-state index >= 15 is 0 Å². The van der Waals surface area contributed by atoms with Crippen molar-refractivity contribution in [1.82, 2.24) is 4.31 Å². The van der Waals surface area contributed by atoms with E-state index in [1.165, 1.54) is 4.31 Å². The second-order valence-electron chi connectivity index (χ2n) is 6.59. The van der Waals surface area contributed by atoms with Gasteiger partial charge in [0.1, 0.15) is 18.4 Å². The summed E-state index contributed by atoms with van der Waals surface area (Å²) in [6, 6.07) is 14.7. The number of esters is 1. The fourth-order valence-corrected chi connectivity index (χ4v) is 4.99. The first-order valence-electron chi connectivity index (χ1n) is 9.48. The molecule has 1 heterocycles. The van der Waals surface area contributed by atoms with Gasteiger partial charge in [-0.15, -0.1) is 0 Å². The number of nitrogens with zero attached hydrogens (tertiary/aromatic N) is 1. The van der Waals surface area contributed by atoms with Crippen LogP contribution in [0.15, 0.2) is 59.5 Å². The van der Waals surface area contributed by atoms with Gasteiger partial charge in [-0.1, -0.05) is 36.4 Å². The van der Waals surface area contributed by atoms with Gasteiger partial charge in [-0.2, -0.15) is 4.31 Å². The standard InChI is InChI=1S/C21H25NO5S/c1-2-26-20-14-7-6-10-17(20)16-27-21(23)19-13-8-9-15-22(19)28(24,25)18-11-4-3-5-12-18/h3-7,10-12,14,19H,2,8-9,13,15-16H2,1H3. The lowest BCUT2D eigenvalue weighted by atomic mass is 10.1. The van der Waals surface area contributed by atoms with E-state index in [1.807, 2.05) is 31.2 Å². The Morgan fingerprint density at radius 1 is 1.07 bits per heavy atom. The molecule has 0 N–H and O–H groups in total. The average molecular weight is 404 g/mol. The molecule has 1 unspecified atom stereocenters. The Balaban J connectivity index is 1.75. The predicted molar refractivity (Wildman–Crippen MR) is 105 cm³/mol. The molecule has 1 aliphatic heterocycles. The highest BCUT2D eigenvalue weighted by atomic mass is 32.2. The molecule has 1 aliphatic rings. The maximum absolute atomic E-state index is 13.0. The van der Waals surface area contributed by atoms with Gasteiger partial charge in [-0.25, -0.2) is 8.42 Å². The van der Waals surface area contributed by atoms with E-state index < -0.39 is 22.0 Å². The Morgan fingerprint density at radius 2 is 1.79 bits per heavy atom. The highest BCUT2D eigenvalue weighted by molar-refractivity contribution is 7.89. The summed E-state index contributed by atoms with van der Waals surface area (Å²) in [4.78, 5) is 13.0. The van der Waals surface area contributed by atoms with Gasteiger partial charge in [0.05, 0.1) is 11.5 Å². The monoisotopic (exact) mass is 403 g/mol. The van der Waals surface area contributed by atoms with Crippen molar-refractivity contribution in [3.05, 3.63) is 60.2 Å². The van der Waals surface area contributed by atoms with Crippen LogP contribution in [0.5, 0.6) is 5.75 Å². The van der Waals surface area contributed by atoms with Gasteiger partial charge < -0.3 is 9.47 Å². The summed E-state index contributed by atoms with van der Waals surface area (Å²) in [6.07, 6.45) is 1.97. The maximum atomic E-state index is 13.0. The summed E-state index contributed by atoms with van der Waals surface area (Å²) in [5.74, 6) is 0.140. The molecule has 0 aromatic heterocycles. The number of carbonyl (C=O) groups is 1. The second-order valence-corrected chi connectivity index (χ2v) is 8.48. The smallest absolute Gasteiger partial charge is 0.324 e. The molecule has 28 heavy (non-hydrogen) atoms. The van der Waals surface area contributed by atoms with Crippen molar-refractivity contribution in [1.29, 1.82) is 0 Å². The topological polar surface area (TPSA) is 72.9 Å². The van der Waals surface area contributed by atoms with Crippen LogP contribution in [0, 0.1) is 0 Å². The largest absolute Gasteiger partial charge is 0.493 e. The number of piperidine rings is 1. The summed E-state index contributed by atoms with van der Waals surface area (Å²) in [7, 11) is -3.75. The SMILES string of the molecule is CCOc1ccccc1COC(=O)C1CCCCN1S(=O)(=O)c1ccccc1. The molecule has 2 aromatic rings. The fourth-order valence-electron chi connectivity index (χ4n) is 3.32. The molecule has 1 atom stereocenters. The molecule has 0 radical (unpaired) electrons. The number of hydrogen-bond donors (Lipinski definition) is 0. The van der Waals surface area contributed by atoms with E-state index in [4.69, 9.17) is 9.47 Å². The summed E-state index contributed by atoms with van der Waals surface area (Å²) in [5.41, 5.74) is 0.756. The minimum atomic E-state index is -3.75. The van der Waals surface area contributed by atoms with Crippen LogP contribution >= 0.6 is 0 Å². The summed E-state index contributed by atoms with van der Waals surface area (Å²) < 4.78 is 38.3. The molecule has 3 rings (SSSR count). The van der Waals surface area contributed by atoms with E-state index in [-0.39, 0.29) is 11.5 Å². The normalized spacial score (nSPS) is 17.8. The van der Waals surface area contributed by atoms with Crippen LogP contribution in [0.2, 0.25) is 0 Å². The highest BCUT2D eigenvalue weighted by Crippen LogP contribution is 2.27. The molecule has 0 amide bonds. The van der Waals surface area contributed by atoms with Crippen LogP contribution in [0.3, 0.4) is 0 Å². The Bertz CT molecular complexity index is 898. The third kappa shape index (κ3) is 4.54. The van der Waals surface area contributed by atoms with Crippen LogP contribution in [-0.4, -0.2) is 37.9 Å². The molecule has 6 nitrogen and oxygen atoms in total. The quantitative estimate of drug-likeness (QED) is 0.663. The highest BCUT2D eigenvalue weighted by Gasteiger charge is 2.38. The van der Waals surface area contributed by atoms with Crippen LogP contribution in [0.25, 0.3) is 0 Å². The van der Waals surface area contributed by atoms with Crippen molar-refractivity contribution in [2.75, 3.05) is 13.2 Å². The van der Waals surface area contributed by atoms with Crippen molar-refractivity contribution in [2.45, 2.75) is 43.7 Å². The molecular weight excluding hydrogens is 378 g/mol. The molecule has 0 spiro atoms. The number of sulfonamides is 1. The van der Waals surface area contributed by atoms with E-state index in [2.05, 4.69) is 0 Å². The Kier molecular flexibility index (Phi) is 6.70. The van der Waals surface area contributed by atoms with Crippen molar-refractivity contribution in [3.63, 3.8) is 0 Å². The molecule has 1 saturated heterocycles. The minimum absolute atomic E-state index is 0.0464. The first-order chi connectivity index (χ1) is 13.5. The Labute approximate surface area is 166 Å². The lowest BCUT2D eigenvalue weighted by Gasteiger charge is -2.33. The summed E-state index contributed by atoms with van der Waals surface area (Å²) in [6.45, 7) is 2.76. The molecule has 0 bridgehead atoms. The van der Waals surface area contributed by atoms with Crippen LogP contribution in [0.4, 0.5) is 0 Å². The lowest BCUT2D eigenvalue weighted by Crippen LogP contribution is -2.48. The van der Waals surface area contributed by atoms with Gasteiger partial charge in [0.15, 0.2) is 0 Å². The van der Waals surface area contributed by atoms with Crippen LogP contribution < -0.4 is 4.74 Å². The predicted octanol–water partition coefficient (Wildman–Crippen LogP) is 3.37. The first kappa shape index (κ1) is 20.4. The summed E-state index contributed by atoms with van der Waals surface area (Å²) >= 11 is 0. The van der Waals surface area contributed by atoms with Crippen molar-refractivity contribution in [2.24, 2.45) is 0 Å². The van der Waals surface area contributed by atoms with Crippen molar-refractivity contribution in [3.8, 4) is 5.75 Å². The van der Waals surface area contributed by atoms with Gasteiger partial charge >= 0.3 is 5.97 Å². The molecular formula is C21H25NO5S. The lowest BCUT2D eigenvalue weighted by molar-refractivity contribution is -0.150. The van der Waals surface area contributed by atoms with Gasteiger partial charge in [-0.05, 0) is 44.4 Å². The first-order valence-corrected chi connectivity index (χ1v) is 10.9. The number of hydrogen-bond acceptors (Lipinski definition) is 5. The number of ether oxygens (including phenoxy) is 2. The van der Waals surface area contributed by atoms with Crippen molar-refractivity contribution >= 4 is 16.0 Å². The van der Waals surface area contributed by atoms with Crippen LogP contribution in [-0.2, 0) is 26.2 Å². The van der Waals surface area contributed by atoms with E-state index in [0.717, 1.165) is 18.4 Å². The van der Waals surface area contributed by atoms with Gasteiger partial charge in [0.2, 0.25) is 10.0 Å². The van der Waals surface area contributed by atoms with Gasteiger partial charge in [0.25, 0.3) is 0 Å². The average Bonchev–Trinajstić information content (AvgIpc) is 2.74. The number of carbonyl (C=O) groups excluding carboxylic acids is 1. The molecule has 2 aromatic carbocycles. The second kappa shape index (κ2) is 9.21. The number of rotatable bonds is 7. The molecule has 0 aliphatic carbocycles. The Morgan fingerprint density at radius 3 is 2.54 bits per heavy atom.